The number of amides is 1. The minimum atomic E-state index is -4.41. The van der Waals surface area contributed by atoms with Crippen LogP contribution in [0, 0.1) is 17.7 Å². The molecule has 2 rings (SSSR count). The summed E-state index contributed by atoms with van der Waals surface area (Å²) >= 11 is 0. The maximum atomic E-state index is 13.5. The Hall–Kier alpha value is -1.63. The van der Waals surface area contributed by atoms with E-state index in [2.05, 4.69) is 5.32 Å². The van der Waals surface area contributed by atoms with Crippen LogP contribution in [0.15, 0.2) is 24.3 Å². The van der Waals surface area contributed by atoms with E-state index in [4.69, 9.17) is 0 Å². The van der Waals surface area contributed by atoms with Crippen molar-refractivity contribution in [2.24, 2.45) is 11.8 Å². The Kier molecular flexibility index (Phi) is 5.62. The molecule has 128 valence electrons. The van der Waals surface area contributed by atoms with E-state index in [0.29, 0.717) is 12.8 Å². The second-order valence-electron chi connectivity index (χ2n) is 5.82. The summed E-state index contributed by atoms with van der Waals surface area (Å²) < 4.78 is 52.5. The molecule has 7 heteroatoms. The van der Waals surface area contributed by atoms with Crippen LogP contribution >= 0.6 is 0 Å². The predicted octanol–water partition coefficient (Wildman–Crippen LogP) is 3.34. The van der Waals surface area contributed by atoms with Crippen LogP contribution < -0.4 is 5.32 Å². The van der Waals surface area contributed by atoms with Crippen molar-refractivity contribution in [3.05, 3.63) is 35.6 Å². The van der Waals surface area contributed by atoms with E-state index in [1.165, 1.54) is 24.3 Å². The van der Waals surface area contributed by atoms with E-state index >= 15 is 0 Å². The van der Waals surface area contributed by atoms with Gasteiger partial charge in [-0.05, 0) is 18.9 Å². The second kappa shape index (κ2) is 7.29. The van der Waals surface area contributed by atoms with Crippen LogP contribution in [0.1, 0.15) is 37.4 Å². The first-order chi connectivity index (χ1) is 10.8. The average molecular weight is 333 g/mol. The van der Waals surface area contributed by atoms with Crippen LogP contribution in [0.2, 0.25) is 0 Å². The Balaban J connectivity index is 1.97. The maximum absolute atomic E-state index is 13.5. The van der Waals surface area contributed by atoms with E-state index in [1.807, 2.05) is 0 Å². The zero-order chi connectivity index (χ0) is 17.0. The molecule has 1 aromatic rings. The Labute approximate surface area is 131 Å². The molecule has 3 nitrogen and oxygen atoms in total. The number of benzene rings is 1. The van der Waals surface area contributed by atoms with Gasteiger partial charge in [0.25, 0.3) is 0 Å². The van der Waals surface area contributed by atoms with E-state index in [0.717, 1.165) is 0 Å². The first-order valence-corrected chi connectivity index (χ1v) is 7.57. The zero-order valence-corrected chi connectivity index (χ0v) is 12.4. The van der Waals surface area contributed by atoms with Crippen molar-refractivity contribution < 1.29 is 27.5 Å². The van der Waals surface area contributed by atoms with Crippen molar-refractivity contribution >= 4 is 5.91 Å². The number of rotatable bonds is 4. The summed E-state index contributed by atoms with van der Waals surface area (Å²) in [5.74, 6) is -4.15. The van der Waals surface area contributed by atoms with Crippen molar-refractivity contribution in [1.29, 1.82) is 0 Å². The predicted molar refractivity (Wildman–Crippen MR) is 75.9 cm³/mol. The van der Waals surface area contributed by atoms with Gasteiger partial charge in [0.2, 0.25) is 5.91 Å². The number of halogens is 4. The molecule has 1 fully saturated rings. The zero-order valence-electron chi connectivity index (χ0n) is 12.4. The Bertz CT molecular complexity index is 547. The number of nitrogens with one attached hydrogen (secondary N) is 1. The Morgan fingerprint density at radius 2 is 1.91 bits per heavy atom. The van der Waals surface area contributed by atoms with Crippen LogP contribution in [0.3, 0.4) is 0 Å². The second-order valence-corrected chi connectivity index (χ2v) is 5.82. The number of carbonyl (C=O) groups excluding carboxylic acids is 1. The number of alkyl halides is 3. The lowest BCUT2D eigenvalue weighted by atomic mass is 9.78. The summed E-state index contributed by atoms with van der Waals surface area (Å²) in [6.07, 6.45) is -4.57. The van der Waals surface area contributed by atoms with Gasteiger partial charge in [0.1, 0.15) is 5.82 Å². The number of hydrogen-bond donors (Lipinski definition) is 2. The largest absolute Gasteiger partial charge is 0.392 e. The molecular formula is C16H19F4NO2. The standard InChI is InChI=1S/C16H19F4NO2/c17-13-8-4-2-6-11(13)14(22)9-21-15(23)10-5-1-3-7-12(10)16(18,19)20/h2,4,6,8,10,12,14,22H,1,3,5,7,9H2,(H,21,23). The lowest BCUT2D eigenvalue weighted by Crippen LogP contribution is -2.43. The molecule has 0 radical (unpaired) electrons. The number of aliphatic hydroxyl groups is 1. The number of aliphatic hydroxyl groups excluding tert-OH is 1. The molecule has 0 spiro atoms. The summed E-state index contributed by atoms with van der Waals surface area (Å²) in [6, 6.07) is 5.52. The quantitative estimate of drug-likeness (QED) is 0.830. The van der Waals surface area contributed by atoms with E-state index < -0.39 is 35.8 Å². The Morgan fingerprint density at radius 1 is 1.26 bits per heavy atom. The molecule has 0 saturated heterocycles. The first kappa shape index (κ1) is 17.7. The van der Waals surface area contributed by atoms with Crippen molar-refractivity contribution in [3.8, 4) is 0 Å². The fraction of sp³-hybridized carbons (Fsp3) is 0.562. The normalized spacial score (nSPS) is 23.3. The van der Waals surface area contributed by atoms with Gasteiger partial charge in [-0.25, -0.2) is 4.39 Å². The molecule has 3 atom stereocenters. The lowest BCUT2D eigenvalue weighted by molar-refractivity contribution is -0.198. The third kappa shape index (κ3) is 4.43. The molecule has 2 N–H and O–H groups in total. The molecule has 0 bridgehead atoms. The molecule has 1 saturated carbocycles. The van der Waals surface area contributed by atoms with Gasteiger partial charge >= 0.3 is 6.18 Å². The summed E-state index contributed by atoms with van der Waals surface area (Å²) in [5.41, 5.74) is 0.00353. The highest BCUT2D eigenvalue weighted by atomic mass is 19.4. The van der Waals surface area contributed by atoms with E-state index in [-0.39, 0.29) is 24.9 Å². The van der Waals surface area contributed by atoms with Crippen LogP contribution in [-0.4, -0.2) is 23.7 Å². The van der Waals surface area contributed by atoms with Gasteiger partial charge in [-0.1, -0.05) is 31.0 Å². The van der Waals surface area contributed by atoms with Crippen LogP contribution in [-0.2, 0) is 4.79 Å². The van der Waals surface area contributed by atoms with Gasteiger partial charge in [-0.3, -0.25) is 4.79 Å². The first-order valence-electron chi connectivity index (χ1n) is 7.57. The third-order valence-electron chi connectivity index (χ3n) is 4.26. The summed E-state index contributed by atoms with van der Waals surface area (Å²) in [7, 11) is 0. The van der Waals surface area contributed by atoms with Gasteiger partial charge in [0.05, 0.1) is 12.0 Å². The summed E-state index contributed by atoms with van der Waals surface area (Å²) in [4.78, 5) is 12.1. The van der Waals surface area contributed by atoms with Gasteiger partial charge in [-0.15, -0.1) is 0 Å². The molecule has 0 aliphatic heterocycles. The minimum Gasteiger partial charge on any atom is -0.386 e. The molecule has 1 aliphatic rings. The smallest absolute Gasteiger partial charge is 0.386 e. The van der Waals surface area contributed by atoms with E-state index in [9.17, 15) is 27.5 Å². The highest BCUT2D eigenvalue weighted by Crippen LogP contribution is 2.41. The van der Waals surface area contributed by atoms with Gasteiger partial charge in [0, 0.05) is 18.0 Å². The lowest BCUT2D eigenvalue weighted by Gasteiger charge is -2.32. The number of carbonyl (C=O) groups is 1. The van der Waals surface area contributed by atoms with Crippen molar-refractivity contribution in [3.63, 3.8) is 0 Å². The summed E-state index contributed by atoms with van der Waals surface area (Å²) in [6.45, 7) is -0.319. The molecule has 1 amide bonds. The molecule has 23 heavy (non-hydrogen) atoms. The molecule has 0 heterocycles. The average Bonchev–Trinajstić information content (AvgIpc) is 2.52. The van der Waals surface area contributed by atoms with Crippen LogP contribution in [0.25, 0.3) is 0 Å². The molecule has 1 aromatic carbocycles. The fourth-order valence-corrected chi connectivity index (χ4v) is 3.02. The van der Waals surface area contributed by atoms with Gasteiger partial charge < -0.3 is 10.4 Å². The SMILES string of the molecule is O=C(NCC(O)c1ccccc1F)C1CCCCC1C(F)(F)F. The minimum absolute atomic E-state index is 0.00353. The topological polar surface area (TPSA) is 49.3 Å². The maximum Gasteiger partial charge on any atom is 0.392 e. The molecular weight excluding hydrogens is 314 g/mol. The highest BCUT2D eigenvalue weighted by molar-refractivity contribution is 5.79. The van der Waals surface area contributed by atoms with Crippen LogP contribution in [0.5, 0.6) is 0 Å². The van der Waals surface area contributed by atoms with Crippen molar-refractivity contribution in [1.82, 2.24) is 5.32 Å². The fourth-order valence-electron chi connectivity index (χ4n) is 3.02. The third-order valence-corrected chi connectivity index (χ3v) is 4.26. The van der Waals surface area contributed by atoms with Gasteiger partial charge in [-0.2, -0.15) is 13.2 Å². The summed E-state index contributed by atoms with van der Waals surface area (Å²) in [5, 5.41) is 12.2. The van der Waals surface area contributed by atoms with Gasteiger partial charge in [0.15, 0.2) is 0 Å². The van der Waals surface area contributed by atoms with Crippen molar-refractivity contribution in [2.75, 3.05) is 6.54 Å². The molecule has 1 aliphatic carbocycles. The monoisotopic (exact) mass is 333 g/mol. The Morgan fingerprint density at radius 3 is 2.57 bits per heavy atom. The molecule has 0 aromatic heterocycles. The van der Waals surface area contributed by atoms with E-state index in [1.54, 1.807) is 0 Å². The van der Waals surface area contributed by atoms with Crippen molar-refractivity contribution in [2.45, 2.75) is 38.0 Å². The molecule has 3 unspecified atom stereocenters. The highest BCUT2D eigenvalue weighted by Gasteiger charge is 2.47. The van der Waals surface area contributed by atoms with Crippen LogP contribution in [0.4, 0.5) is 17.6 Å². The number of hydrogen-bond acceptors (Lipinski definition) is 2.